The highest BCUT2D eigenvalue weighted by Gasteiger charge is 2.16. The molecule has 0 radical (unpaired) electrons. The maximum absolute atomic E-state index is 12.4. The summed E-state index contributed by atoms with van der Waals surface area (Å²) in [4.78, 5) is 34.6. The van der Waals surface area contributed by atoms with Gasteiger partial charge in [0.25, 0.3) is 11.6 Å². The molecule has 9 heteroatoms. The van der Waals surface area contributed by atoms with Crippen molar-refractivity contribution in [2.75, 3.05) is 5.32 Å². The number of anilines is 1. The van der Waals surface area contributed by atoms with Gasteiger partial charge in [-0.2, -0.15) is 0 Å². The van der Waals surface area contributed by atoms with Crippen LogP contribution in [-0.4, -0.2) is 10.8 Å². The summed E-state index contributed by atoms with van der Waals surface area (Å²) in [7, 11) is 0. The summed E-state index contributed by atoms with van der Waals surface area (Å²) in [5, 5.41) is 13.9. The minimum atomic E-state index is -0.773. The Morgan fingerprint density at radius 2 is 1.88 bits per heavy atom. The Labute approximate surface area is 157 Å². The van der Waals surface area contributed by atoms with E-state index in [2.05, 4.69) is 37.2 Å². The van der Waals surface area contributed by atoms with E-state index < -0.39 is 16.5 Å². The summed E-state index contributed by atoms with van der Waals surface area (Å²) in [5.74, 6) is -0.676. The van der Waals surface area contributed by atoms with Crippen molar-refractivity contribution in [1.82, 2.24) is 0 Å². The Morgan fingerprint density at radius 1 is 1.12 bits per heavy atom. The number of amides is 1. The van der Waals surface area contributed by atoms with Gasteiger partial charge in [-0.1, -0.05) is 15.9 Å². The number of nitro benzene ring substituents is 1. The number of nitrogens with one attached hydrogen (secondary N) is 1. The number of non-ortho nitro benzene ring substituents is 1. The van der Waals surface area contributed by atoms with E-state index in [9.17, 15) is 19.7 Å². The van der Waals surface area contributed by atoms with E-state index in [1.807, 2.05) is 0 Å². The molecule has 0 aliphatic carbocycles. The zero-order valence-electron chi connectivity index (χ0n) is 12.3. The molecule has 0 saturated heterocycles. The molecule has 7 nitrogen and oxygen atoms in total. The highest BCUT2D eigenvalue weighted by Crippen LogP contribution is 2.27. The van der Waals surface area contributed by atoms with Crippen molar-refractivity contribution in [2.45, 2.75) is 0 Å². The molecule has 3 aromatic rings. The molecule has 25 heavy (non-hydrogen) atoms. The van der Waals surface area contributed by atoms with Crippen LogP contribution in [0, 0.1) is 10.1 Å². The number of benzene rings is 2. The molecule has 126 valence electrons. The zero-order chi connectivity index (χ0) is 18.1. The van der Waals surface area contributed by atoms with E-state index >= 15 is 0 Å². The Balaban J connectivity index is 1.96. The van der Waals surface area contributed by atoms with E-state index in [4.69, 9.17) is 4.42 Å². The first-order valence-corrected chi connectivity index (χ1v) is 8.42. The molecule has 0 atom stereocenters. The highest BCUT2D eigenvalue weighted by atomic mass is 79.9. The largest absolute Gasteiger partial charge is 0.422 e. The minimum absolute atomic E-state index is 0.125. The second-order valence-corrected chi connectivity index (χ2v) is 6.78. The van der Waals surface area contributed by atoms with Gasteiger partial charge in [-0.25, -0.2) is 4.79 Å². The molecule has 2 aromatic carbocycles. The van der Waals surface area contributed by atoms with E-state index in [-0.39, 0.29) is 11.3 Å². The molecule has 0 saturated carbocycles. The van der Waals surface area contributed by atoms with Crippen LogP contribution in [0.15, 0.2) is 60.6 Å². The molecule has 0 aliphatic rings. The predicted octanol–water partition coefficient (Wildman–Crippen LogP) is 4.48. The van der Waals surface area contributed by atoms with E-state index in [0.29, 0.717) is 21.1 Å². The molecule has 0 bridgehead atoms. The number of nitrogens with zero attached hydrogens (tertiary/aromatic N) is 1. The van der Waals surface area contributed by atoms with Gasteiger partial charge >= 0.3 is 5.63 Å². The summed E-state index contributed by atoms with van der Waals surface area (Å²) in [6, 6.07) is 10.4. The lowest BCUT2D eigenvalue weighted by Crippen LogP contribution is -2.20. The van der Waals surface area contributed by atoms with Crippen LogP contribution < -0.4 is 10.9 Å². The standard InChI is InChI=1S/C16H8Br2N2O5/c17-9-1-4-14-8(5-9)6-11(16(22)25-14)15(21)19-13-3-2-10(20(23)24)7-12(13)18/h1-7H,(H,19,21). The van der Waals surface area contributed by atoms with Crippen LogP contribution >= 0.6 is 31.9 Å². The van der Waals surface area contributed by atoms with Crippen LogP contribution in [0.25, 0.3) is 11.0 Å². The van der Waals surface area contributed by atoms with Gasteiger partial charge in [0.2, 0.25) is 0 Å². The Kier molecular flexibility index (Phi) is 4.69. The summed E-state index contributed by atoms with van der Waals surface area (Å²) in [6.45, 7) is 0. The average Bonchev–Trinajstić information content (AvgIpc) is 2.56. The first kappa shape index (κ1) is 17.3. The molecular weight excluding hydrogens is 460 g/mol. The molecule has 1 N–H and O–H groups in total. The van der Waals surface area contributed by atoms with E-state index in [0.717, 1.165) is 4.47 Å². The van der Waals surface area contributed by atoms with Crippen molar-refractivity contribution < 1.29 is 14.1 Å². The number of hydrogen-bond donors (Lipinski definition) is 1. The van der Waals surface area contributed by atoms with Gasteiger partial charge in [-0.3, -0.25) is 14.9 Å². The lowest BCUT2D eigenvalue weighted by molar-refractivity contribution is -0.384. The fourth-order valence-corrected chi connectivity index (χ4v) is 3.01. The summed E-state index contributed by atoms with van der Waals surface area (Å²) in [5.41, 5.74) is -0.410. The molecular formula is C16H8Br2N2O5. The summed E-state index contributed by atoms with van der Waals surface area (Å²) < 4.78 is 6.25. The molecule has 3 rings (SSSR count). The van der Waals surface area contributed by atoms with Crippen LogP contribution in [0.1, 0.15) is 10.4 Å². The van der Waals surface area contributed by atoms with E-state index in [1.165, 1.54) is 24.3 Å². The summed E-state index contributed by atoms with van der Waals surface area (Å²) >= 11 is 6.47. The number of fused-ring (bicyclic) bond motifs is 1. The second-order valence-electron chi connectivity index (χ2n) is 5.01. The molecule has 0 fully saturated rings. The Hall–Kier alpha value is -2.52. The third-order valence-corrected chi connectivity index (χ3v) is 4.50. The van der Waals surface area contributed by atoms with Gasteiger partial charge in [-0.05, 0) is 46.3 Å². The fraction of sp³-hybridized carbons (Fsp3) is 0. The number of hydrogen-bond acceptors (Lipinski definition) is 5. The van der Waals surface area contributed by atoms with E-state index in [1.54, 1.807) is 18.2 Å². The van der Waals surface area contributed by atoms with Crippen LogP contribution in [0.4, 0.5) is 11.4 Å². The van der Waals surface area contributed by atoms with Gasteiger partial charge in [0.05, 0.1) is 10.6 Å². The van der Waals surface area contributed by atoms with Crippen molar-refractivity contribution in [3.05, 3.63) is 77.5 Å². The maximum Gasteiger partial charge on any atom is 0.349 e. The van der Waals surface area contributed by atoms with Crippen molar-refractivity contribution >= 4 is 60.1 Å². The van der Waals surface area contributed by atoms with Gasteiger partial charge in [0, 0.05) is 26.5 Å². The maximum atomic E-state index is 12.4. The Morgan fingerprint density at radius 3 is 2.56 bits per heavy atom. The van der Waals surface area contributed by atoms with Gasteiger partial charge < -0.3 is 9.73 Å². The predicted molar refractivity (Wildman–Crippen MR) is 98.9 cm³/mol. The quantitative estimate of drug-likeness (QED) is 0.347. The number of nitro groups is 1. The number of carbonyl (C=O) groups excluding carboxylic acids is 1. The van der Waals surface area contributed by atoms with Gasteiger partial charge in [0.1, 0.15) is 11.1 Å². The first-order chi connectivity index (χ1) is 11.8. The molecule has 1 heterocycles. The average molecular weight is 468 g/mol. The molecule has 1 aromatic heterocycles. The van der Waals surface area contributed by atoms with Crippen LogP contribution in [-0.2, 0) is 0 Å². The van der Waals surface area contributed by atoms with Crippen molar-refractivity contribution in [3.8, 4) is 0 Å². The lowest BCUT2D eigenvalue weighted by atomic mass is 10.1. The van der Waals surface area contributed by atoms with Crippen molar-refractivity contribution in [1.29, 1.82) is 0 Å². The number of halogens is 2. The van der Waals surface area contributed by atoms with Crippen molar-refractivity contribution in [2.24, 2.45) is 0 Å². The topological polar surface area (TPSA) is 102 Å². The highest BCUT2D eigenvalue weighted by molar-refractivity contribution is 9.10. The van der Waals surface area contributed by atoms with Crippen LogP contribution in [0.3, 0.4) is 0 Å². The Bertz CT molecular complexity index is 1080. The monoisotopic (exact) mass is 466 g/mol. The minimum Gasteiger partial charge on any atom is -0.422 e. The van der Waals surface area contributed by atoms with Crippen LogP contribution in [0.5, 0.6) is 0 Å². The molecule has 0 unspecified atom stereocenters. The first-order valence-electron chi connectivity index (χ1n) is 6.84. The third-order valence-electron chi connectivity index (χ3n) is 3.35. The van der Waals surface area contributed by atoms with Crippen LogP contribution in [0.2, 0.25) is 0 Å². The number of carbonyl (C=O) groups is 1. The number of rotatable bonds is 3. The molecule has 0 spiro atoms. The second kappa shape index (κ2) is 6.77. The van der Waals surface area contributed by atoms with Gasteiger partial charge in [0.15, 0.2) is 0 Å². The SMILES string of the molecule is O=C(Nc1ccc([N+](=O)[O-])cc1Br)c1cc2cc(Br)ccc2oc1=O. The summed E-state index contributed by atoms with van der Waals surface area (Å²) in [6.07, 6.45) is 0. The molecule has 0 aliphatic heterocycles. The van der Waals surface area contributed by atoms with Gasteiger partial charge in [-0.15, -0.1) is 0 Å². The van der Waals surface area contributed by atoms with Crippen molar-refractivity contribution in [3.63, 3.8) is 0 Å². The third kappa shape index (κ3) is 3.62. The molecule has 1 amide bonds. The zero-order valence-corrected chi connectivity index (χ0v) is 15.5. The fourth-order valence-electron chi connectivity index (χ4n) is 2.16. The smallest absolute Gasteiger partial charge is 0.349 e. The lowest BCUT2D eigenvalue weighted by Gasteiger charge is -2.07. The normalized spacial score (nSPS) is 10.6.